The van der Waals surface area contributed by atoms with Crippen LogP contribution in [0.3, 0.4) is 0 Å². The molecule has 23 heavy (non-hydrogen) atoms. The summed E-state index contributed by atoms with van der Waals surface area (Å²) in [4.78, 5) is 16.9. The summed E-state index contributed by atoms with van der Waals surface area (Å²) in [5.41, 5.74) is 1.30. The van der Waals surface area contributed by atoms with Gasteiger partial charge in [-0.3, -0.25) is 9.69 Å². The molecule has 1 aromatic rings. The fourth-order valence-electron chi connectivity index (χ4n) is 3.85. The molecule has 0 aliphatic carbocycles. The first-order chi connectivity index (χ1) is 11.1. The Morgan fingerprint density at radius 2 is 2.00 bits per heavy atom. The normalized spacial score (nSPS) is 26.2. The summed E-state index contributed by atoms with van der Waals surface area (Å²) in [6.45, 7) is 10.3. The van der Waals surface area contributed by atoms with Crippen LogP contribution in [0.4, 0.5) is 0 Å². The van der Waals surface area contributed by atoms with E-state index < -0.39 is 0 Å². The summed E-state index contributed by atoms with van der Waals surface area (Å²) in [5.74, 6) is 0.810. The molecule has 1 amide bonds. The van der Waals surface area contributed by atoms with Gasteiger partial charge in [-0.1, -0.05) is 44.2 Å². The van der Waals surface area contributed by atoms with Gasteiger partial charge in [0.15, 0.2) is 0 Å². The number of carbonyl (C=O) groups excluding carboxylic acids is 1. The molecular formula is C19H28N2O2. The molecule has 0 saturated carbocycles. The predicted octanol–water partition coefficient (Wildman–Crippen LogP) is 2.39. The summed E-state index contributed by atoms with van der Waals surface area (Å²) in [6.07, 6.45) is 0.630. The van der Waals surface area contributed by atoms with Crippen molar-refractivity contribution in [2.45, 2.75) is 26.8 Å². The fourth-order valence-corrected chi connectivity index (χ4v) is 3.85. The third kappa shape index (κ3) is 4.12. The van der Waals surface area contributed by atoms with Crippen molar-refractivity contribution in [3.05, 3.63) is 35.9 Å². The Morgan fingerprint density at radius 3 is 2.74 bits per heavy atom. The van der Waals surface area contributed by atoms with E-state index in [1.165, 1.54) is 5.56 Å². The maximum Gasteiger partial charge on any atom is 0.223 e. The lowest BCUT2D eigenvalue weighted by atomic mass is 9.87. The zero-order valence-corrected chi connectivity index (χ0v) is 14.3. The van der Waals surface area contributed by atoms with Gasteiger partial charge in [-0.25, -0.2) is 0 Å². The number of hydrogen-bond donors (Lipinski definition) is 0. The molecular weight excluding hydrogens is 288 g/mol. The van der Waals surface area contributed by atoms with Crippen molar-refractivity contribution >= 4 is 5.91 Å². The highest BCUT2D eigenvalue weighted by molar-refractivity contribution is 5.79. The molecule has 1 atom stereocenters. The Balaban J connectivity index is 1.68. The second-order valence-electron chi connectivity index (χ2n) is 7.59. The molecule has 2 aliphatic heterocycles. The third-order valence-electron chi connectivity index (χ3n) is 4.76. The molecule has 0 aromatic heterocycles. The van der Waals surface area contributed by atoms with Crippen molar-refractivity contribution in [2.24, 2.45) is 11.3 Å². The highest BCUT2D eigenvalue weighted by Crippen LogP contribution is 2.35. The number of benzene rings is 1. The van der Waals surface area contributed by atoms with Crippen LogP contribution in [0.2, 0.25) is 0 Å². The van der Waals surface area contributed by atoms with Crippen LogP contribution in [0.15, 0.2) is 30.3 Å². The van der Waals surface area contributed by atoms with Gasteiger partial charge in [0.25, 0.3) is 0 Å². The first-order valence-electron chi connectivity index (χ1n) is 8.68. The van der Waals surface area contributed by atoms with Gasteiger partial charge in [0.05, 0.1) is 13.2 Å². The van der Waals surface area contributed by atoms with E-state index in [4.69, 9.17) is 4.74 Å². The van der Waals surface area contributed by atoms with Gasteiger partial charge in [0.1, 0.15) is 0 Å². The SMILES string of the molecule is CC(C)CN1CC2(COCCN(Cc3ccccc3)C2)CC1=O. The molecule has 2 fully saturated rings. The molecule has 2 saturated heterocycles. The Labute approximate surface area is 139 Å². The second-order valence-corrected chi connectivity index (χ2v) is 7.59. The summed E-state index contributed by atoms with van der Waals surface area (Å²) < 4.78 is 5.88. The summed E-state index contributed by atoms with van der Waals surface area (Å²) in [5, 5.41) is 0. The lowest BCUT2D eigenvalue weighted by molar-refractivity contribution is -0.128. The minimum Gasteiger partial charge on any atom is -0.379 e. The predicted molar refractivity (Wildman–Crippen MR) is 91.0 cm³/mol. The lowest BCUT2D eigenvalue weighted by Gasteiger charge is -2.31. The van der Waals surface area contributed by atoms with Crippen LogP contribution < -0.4 is 0 Å². The maximum atomic E-state index is 12.4. The van der Waals surface area contributed by atoms with Crippen LogP contribution in [-0.2, 0) is 16.1 Å². The van der Waals surface area contributed by atoms with Gasteiger partial charge in [-0.05, 0) is 11.5 Å². The van der Waals surface area contributed by atoms with Crippen LogP contribution in [0.5, 0.6) is 0 Å². The zero-order valence-electron chi connectivity index (χ0n) is 14.3. The molecule has 2 aliphatic rings. The van der Waals surface area contributed by atoms with Gasteiger partial charge < -0.3 is 9.64 Å². The van der Waals surface area contributed by atoms with Gasteiger partial charge in [0, 0.05) is 44.6 Å². The zero-order chi connectivity index (χ0) is 16.3. The van der Waals surface area contributed by atoms with Crippen LogP contribution in [0.1, 0.15) is 25.8 Å². The van der Waals surface area contributed by atoms with E-state index in [-0.39, 0.29) is 5.41 Å². The monoisotopic (exact) mass is 316 g/mol. The number of hydrogen-bond acceptors (Lipinski definition) is 3. The Hall–Kier alpha value is -1.39. The topological polar surface area (TPSA) is 32.8 Å². The second kappa shape index (κ2) is 7.02. The average molecular weight is 316 g/mol. The number of nitrogens with zero attached hydrogens (tertiary/aromatic N) is 2. The van der Waals surface area contributed by atoms with Gasteiger partial charge >= 0.3 is 0 Å². The van der Waals surface area contributed by atoms with Crippen LogP contribution in [-0.4, -0.2) is 55.1 Å². The van der Waals surface area contributed by atoms with Crippen LogP contribution >= 0.6 is 0 Å². The van der Waals surface area contributed by atoms with E-state index in [9.17, 15) is 4.79 Å². The molecule has 126 valence electrons. The van der Waals surface area contributed by atoms with Crippen LogP contribution in [0.25, 0.3) is 0 Å². The van der Waals surface area contributed by atoms with Crippen molar-refractivity contribution in [1.82, 2.24) is 9.80 Å². The molecule has 0 N–H and O–H groups in total. The smallest absolute Gasteiger partial charge is 0.223 e. The van der Waals surface area contributed by atoms with Crippen molar-refractivity contribution < 1.29 is 9.53 Å². The van der Waals surface area contributed by atoms with E-state index >= 15 is 0 Å². The summed E-state index contributed by atoms with van der Waals surface area (Å²) in [6, 6.07) is 10.6. The lowest BCUT2D eigenvalue weighted by Crippen LogP contribution is -2.41. The molecule has 1 spiro atoms. The third-order valence-corrected chi connectivity index (χ3v) is 4.76. The molecule has 1 aromatic carbocycles. The number of ether oxygens (including phenoxy) is 1. The molecule has 3 rings (SSSR count). The Kier molecular flexibility index (Phi) is 5.02. The average Bonchev–Trinajstić information content (AvgIpc) is 2.67. The number of amides is 1. The van der Waals surface area contributed by atoms with E-state index in [0.29, 0.717) is 24.9 Å². The van der Waals surface area contributed by atoms with Crippen molar-refractivity contribution in [1.29, 1.82) is 0 Å². The van der Waals surface area contributed by atoms with Gasteiger partial charge in [-0.2, -0.15) is 0 Å². The van der Waals surface area contributed by atoms with E-state index in [1.807, 2.05) is 4.90 Å². The van der Waals surface area contributed by atoms with Crippen molar-refractivity contribution in [2.75, 3.05) is 39.4 Å². The van der Waals surface area contributed by atoms with Gasteiger partial charge in [0.2, 0.25) is 5.91 Å². The molecule has 1 unspecified atom stereocenters. The highest BCUT2D eigenvalue weighted by Gasteiger charge is 2.45. The van der Waals surface area contributed by atoms with Crippen LogP contribution in [0, 0.1) is 11.3 Å². The Morgan fingerprint density at radius 1 is 1.22 bits per heavy atom. The molecule has 4 heteroatoms. The molecule has 0 radical (unpaired) electrons. The maximum absolute atomic E-state index is 12.4. The van der Waals surface area contributed by atoms with E-state index in [1.54, 1.807) is 0 Å². The van der Waals surface area contributed by atoms with Gasteiger partial charge in [-0.15, -0.1) is 0 Å². The Bertz CT molecular complexity index is 531. The standard InChI is InChI=1S/C19H28N2O2/c1-16(2)11-21-14-19(10-18(21)22)13-20(8-9-23-15-19)12-17-6-4-3-5-7-17/h3-7,16H,8-15H2,1-2H3. The highest BCUT2D eigenvalue weighted by atomic mass is 16.5. The van der Waals surface area contributed by atoms with E-state index in [0.717, 1.165) is 39.3 Å². The quantitative estimate of drug-likeness (QED) is 0.855. The first kappa shape index (κ1) is 16.5. The van der Waals surface area contributed by atoms with Crippen molar-refractivity contribution in [3.8, 4) is 0 Å². The number of likely N-dealkylation sites (tertiary alicyclic amines) is 1. The van der Waals surface area contributed by atoms with Crippen molar-refractivity contribution in [3.63, 3.8) is 0 Å². The summed E-state index contributed by atoms with van der Waals surface area (Å²) in [7, 11) is 0. The molecule has 0 bridgehead atoms. The first-order valence-corrected chi connectivity index (χ1v) is 8.68. The largest absolute Gasteiger partial charge is 0.379 e. The minimum atomic E-state index is -0.0305. The minimum absolute atomic E-state index is 0.0305. The number of carbonyl (C=O) groups is 1. The van der Waals surface area contributed by atoms with E-state index in [2.05, 4.69) is 49.1 Å². The molecule has 4 nitrogen and oxygen atoms in total. The fraction of sp³-hybridized carbons (Fsp3) is 0.632. The summed E-state index contributed by atoms with van der Waals surface area (Å²) >= 11 is 0. The number of rotatable bonds is 4. The molecule has 2 heterocycles.